The minimum Gasteiger partial charge on any atom is -0.364 e. The minimum atomic E-state index is -0.223. The minimum absolute atomic E-state index is 0. The molecule has 0 saturated carbocycles. The van der Waals surface area contributed by atoms with Gasteiger partial charge in [-0.25, -0.2) is 4.39 Å². The second kappa shape index (κ2) is 10.2. The third-order valence-corrected chi connectivity index (χ3v) is 4.18. The molecule has 1 heterocycles. The lowest BCUT2D eigenvalue weighted by molar-refractivity contribution is 0.626. The molecule has 0 aliphatic carbocycles. The average Bonchev–Trinajstić information content (AvgIpc) is 3.18. The van der Waals surface area contributed by atoms with Crippen LogP contribution in [0.1, 0.15) is 11.1 Å². The van der Waals surface area contributed by atoms with Crippen LogP contribution in [0, 0.1) is 5.82 Å². The van der Waals surface area contributed by atoms with E-state index in [-0.39, 0.29) is 29.8 Å². The molecule has 0 saturated heterocycles. The lowest BCUT2D eigenvalue weighted by atomic mass is 10.2. The Hall–Kier alpha value is -2.09. The van der Waals surface area contributed by atoms with Gasteiger partial charge in [-0.1, -0.05) is 36.4 Å². The Morgan fingerprint density at radius 2 is 1.42 bits per heavy atom. The van der Waals surface area contributed by atoms with Gasteiger partial charge >= 0.3 is 0 Å². The van der Waals surface area contributed by atoms with Crippen LogP contribution in [-0.2, 0) is 13.1 Å². The Labute approximate surface area is 171 Å². The van der Waals surface area contributed by atoms with Crippen LogP contribution in [0.25, 0.3) is 0 Å². The summed E-state index contributed by atoms with van der Waals surface area (Å²) in [7, 11) is 1.74. The summed E-state index contributed by atoms with van der Waals surface area (Å²) in [5.41, 5.74) is 3.45. The van der Waals surface area contributed by atoms with E-state index in [1.165, 1.54) is 23.4 Å². The largest absolute Gasteiger partial charge is 0.364 e. The van der Waals surface area contributed by atoms with Crippen LogP contribution >= 0.6 is 24.0 Å². The zero-order valence-electron chi connectivity index (χ0n) is 14.8. The molecule has 0 spiro atoms. The maximum Gasteiger partial charge on any atom is 0.191 e. The molecule has 2 aromatic carbocycles. The molecule has 2 N–H and O–H groups in total. The highest BCUT2D eigenvalue weighted by atomic mass is 127. The zero-order chi connectivity index (χ0) is 17.5. The number of aliphatic imine (C=N–C) groups is 1. The Morgan fingerprint density at radius 1 is 0.923 bits per heavy atom. The number of anilines is 1. The summed E-state index contributed by atoms with van der Waals surface area (Å²) in [5.74, 6) is 0.497. The van der Waals surface area contributed by atoms with Crippen molar-refractivity contribution in [2.24, 2.45) is 4.99 Å². The number of nitrogens with one attached hydrogen (secondary N) is 2. The quantitative estimate of drug-likeness (QED) is 0.306. The number of halogens is 2. The van der Waals surface area contributed by atoms with Crippen LogP contribution in [-0.4, -0.2) is 26.1 Å². The number of guanidine groups is 1. The standard InChI is InChI=1S/C20H23FN4.HI/c1-22-20(23-14-16-4-8-18(21)9-5-16)24-15-17-6-10-19(11-7-17)25-12-2-3-13-25;/h2-11H,12-15H2,1H3,(H2,22,23,24);1H. The van der Waals surface area contributed by atoms with Crippen molar-refractivity contribution < 1.29 is 4.39 Å². The topological polar surface area (TPSA) is 39.7 Å². The van der Waals surface area contributed by atoms with E-state index in [9.17, 15) is 4.39 Å². The predicted molar refractivity (Wildman–Crippen MR) is 117 cm³/mol. The molecule has 138 valence electrons. The molecule has 0 amide bonds. The van der Waals surface area contributed by atoms with Crippen LogP contribution in [0.5, 0.6) is 0 Å². The lowest BCUT2D eigenvalue weighted by Gasteiger charge is -2.18. The smallest absolute Gasteiger partial charge is 0.191 e. The van der Waals surface area contributed by atoms with Crippen molar-refractivity contribution >= 4 is 35.6 Å². The number of benzene rings is 2. The van der Waals surface area contributed by atoms with Gasteiger partial charge in [0.25, 0.3) is 0 Å². The summed E-state index contributed by atoms with van der Waals surface area (Å²) in [4.78, 5) is 6.54. The number of nitrogens with zero attached hydrogens (tertiary/aromatic N) is 2. The first-order valence-corrected chi connectivity index (χ1v) is 8.42. The summed E-state index contributed by atoms with van der Waals surface area (Å²) in [6.45, 7) is 3.26. The second-order valence-electron chi connectivity index (χ2n) is 5.95. The first-order valence-electron chi connectivity index (χ1n) is 8.42. The summed E-state index contributed by atoms with van der Waals surface area (Å²) >= 11 is 0. The molecular formula is C20H24FIN4. The van der Waals surface area contributed by atoms with E-state index in [0.717, 1.165) is 24.6 Å². The first kappa shape index (κ1) is 20.2. The van der Waals surface area contributed by atoms with E-state index in [1.807, 2.05) is 0 Å². The molecule has 0 atom stereocenters. The van der Waals surface area contributed by atoms with Gasteiger partial charge in [0.2, 0.25) is 0 Å². The highest BCUT2D eigenvalue weighted by Crippen LogP contribution is 2.17. The molecule has 0 bridgehead atoms. The Bertz CT molecular complexity index is 733. The van der Waals surface area contributed by atoms with Crippen molar-refractivity contribution in [3.63, 3.8) is 0 Å². The van der Waals surface area contributed by atoms with Gasteiger partial charge in [-0.05, 0) is 35.4 Å². The first-order chi connectivity index (χ1) is 12.2. The second-order valence-corrected chi connectivity index (χ2v) is 5.95. The zero-order valence-corrected chi connectivity index (χ0v) is 17.1. The predicted octanol–water partition coefficient (Wildman–Crippen LogP) is 3.69. The lowest BCUT2D eigenvalue weighted by Crippen LogP contribution is -2.36. The molecule has 0 aromatic heterocycles. The van der Waals surface area contributed by atoms with Crippen LogP contribution in [0.15, 0.2) is 65.7 Å². The molecule has 1 aliphatic heterocycles. The van der Waals surface area contributed by atoms with Gasteiger partial charge in [0, 0.05) is 38.9 Å². The molecule has 0 radical (unpaired) electrons. The van der Waals surface area contributed by atoms with E-state index < -0.39 is 0 Å². The maximum atomic E-state index is 12.9. The summed E-state index contributed by atoms with van der Waals surface area (Å²) in [6, 6.07) is 15.0. The third kappa shape index (κ3) is 5.72. The van der Waals surface area contributed by atoms with Crippen molar-refractivity contribution in [2.75, 3.05) is 25.0 Å². The SMILES string of the molecule is CN=C(NCc1ccc(F)cc1)NCc1ccc(N2CC=CC2)cc1.I. The molecule has 26 heavy (non-hydrogen) atoms. The number of hydrogen-bond acceptors (Lipinski definition) is 2. The van der Waals surface area contributed by atoms with E-state index in [2.05, 4.69) is 56.9 Å². The van der Waals surface area contributed by atoms with Crippen molar-refractivity contribution in [3.8, 4) is 0 Å². The van der Waals surface area contributed by atoms with Gasteiger partial charge < -0.3 is 15.5 Å². The van der Waals surface area contributed by atoms with Crippen molar-refractivity contribution in [2.45, 2.75) is 13.1 Å². The van der Waals surface area contributed by atoms with Crippen LogP contribution in [0.3, 0.4) is 0 Å². The van der Waals surface area contributed by atoms with Crippen molar-refractivity contribution in [1.82, 2.24) is 10.6 Å². The normalized spacial score (nSPS) is 13.5. The molecule has 6 heteroatoms. The fourth-order valence-electron chi connectivity index (χ4n) is 2.71. The summed E-state index contributed by atoms with van der Waals surface area (Å²) in [5, 5.41) is 6.53. The molecular weight excluding hydrogens is 442 g/mol. The Balaban J connectivity index is 0.00000243. The van der Waals surface area contributed by atoms with E-state index in [1.54, 1.807) is 19.2 Å². The fourth-order valence-corrected chi connectivity index (χ4v) is 2.71. The monoisotopic (exact) mass is 466 g/mol. The van der Waals surface area contributed by atoms with Crippen LogP contribution < -0.4 is 15.5 Å². The van der Waals surface area contributed by atoms with E-state index >= 15 is 0 Å². The Kier molecular flexibility index (Phi) is 7.90. The third-order valence-electron chi connectivity index (χ3n) is 4.18. The number of rotatable bonds is 5. The summed E-state index contributed by atoms with van der Waals surface area (Å²) in [6.07, 6.45) is 4.37. The maximum absolute atomic E-state index is 12.9. The fraction of sp³-hybridized carbons (Fsp3) is 0.250. The highest BCUT2D eigenvalue weighted by molar-refractivity contribution is 14.0. The molecule has 3 rings (SSSR count). The summed E-state index contributed by atoms with van der Waals surface area (Å²) < 4.78 is 12.9. The van der Waals surface area contributed by atoms with E-state index in [4.69, 9.17) is 0 Å². The molecule has 0 fully saturated rings. The van der Waals surface area contributed by atoms with Gasteiger partial charge in [0.1, 0.15) is 5.82 Å². The van der Waals surface area contributed by atoms with Crippen LogP contribution in [0.4, 0.5) is 10.1 Å². The van der Waals surface area contributed by atoms with Crippen molar-refractivity contribution in [3.05, 3.63) is 77.6 Å². The van der Waals surface area contributed by atoms with Crippen molar-refractivity contribution in [1.29, 1.82) is 0 Å². The van der Waals surface area contributed by atoms with Gasteiger partial charge in [0.05, 0.1) is 0 Å². The molecule has 0 unspecified atom stereocenters. The van der Waals surface area contributed by atoms with Gasteiger partial charge in [-0.15, -0.1) is 24.0 Å². The van der Waals surface area contributed by atoms with Crippen LogP contribution in [0.2, 0.25) is 0 Å². The highest BCUT2D eigenvalue weighted by Gasteiger charge is 2.07. The van der Waals surface area contributed by atoms with Gasteiger partial charge in [0.15, 0.2) is 5.96 Å². The molecule has 4 nitrogen and oxygen atoms in total. The average molecular weight is 466 g/mol. The van der Waals surface area contributed by atoms with Gasteiger partial charge in [-0.2, -0.15) is 0 Å². The Morgan fingerprint density at radius 3 is 1.92 bits per heavy atom. The van der Waals surface area contributed by atoms with E-state index in [0.29, 0.717) is 13.1 Å². The number of hydrogen-bond donors (Lipinski definition) is 2. The molecule has 2 aromatic rings. The van der Waals surface area contributed by atoms with Gasteiger partial charge in [-0.3, -0.25) is 4.99 Å². The molecule has 1 aliphatic rings.